The molecule has 6 nitrogen and oxygen atoms in total. The van der Waals surface area contributed by atoms with Crippen molar-refractivity contribution in [1.82, 2.24) is 9.62 Å². The summed E-state index contributed by atoms with van der Waals surface area (Å²) in [6, 6.07) is 7.33. The monoisotopic (exact) mass is 460 g/mol. The summed E-state index contributed by atoms with van der Waals surface area (Å²) in [6.07, 6.45) is 2.10. The van der Waals surface area contributed by atoms with E-state index in [0.29, 0.717) is 39.1 Å². The molecule has 152 valence electrons. The molecule has 1 aliphatic heterocycles. The molecule has 0 spiro atoms. The number of nitrogens with one attached hydrogen (secondary N) is 1. The number of nitrogens with zero attached hydrogens (tertiary/aromatic N) is 1. The number of rotatable bonds is 9. The Morgan fingerprint density at radius 2 is 2.04 bits per heavy atom. The van der Waals surface area contributed by atoms with Gasteiger partial charge >= 0.3 is 0 Å². The number of hydrogen-bond acceptors (Lipinski definition) is 4. The van der Waals surface area contributed by atoms with Gasteiger partial charge in [0.15, 0.2) is 0 Å². The van der Waals surface area contributed by atoms with Crippen LogP contribution in [0.5, 0.6) is 0 Å². The number of benzene rings is 1. The summed E-state index contributed by atoms with van der Waals surface area (Å²) in [5.41, 5.74) is 0.757. The summed E-state index contributed by atoms with van der Waals surface area (Å²) >= 11 is 3.37. The van der Waals surface area contributed by atoms with E-state index >= 15 is 0 Å². The van der Waals surface area contributed by atoms with Crippen LogP contribution >= 0.6 is 15.9 Å². The van der Waals surface area contributed by atoms with Gasteiger partial charge in [0, 0.05) is 36.6 Å². The zero-order chi connectivity index (χ0) is 19.9. The van der Waals surface area contributed by atoms with Crippen molar-refractivity contribution in [3.8, 4) is 0 Å². The summed E-state index contributed by atoms with van der Waals surface area (Å²) in [5.74, 6) is -0.115. The van der Waals surface area contributed by atoms with Gasteiger partial charge in [-0.25, -0.2) is 12.7 Å². The first-order valence-corrected chi connectivity index (χ1v) is 11.8. The van der Waals surface area contributed by atoms with Crippen molar-refractivity contribution >= 4 is 31.9 Å². The third-order valence-electron chi connectivity index (χ3n) is 4.53. The Morgan fingerprint density at radius 1 is 1.33 bits per heavy atom. The molecule has 1 saturated heterocycles. The Hall–Kier alpha value is -0.960. The number of piperidine rings is 1. The van der Waals surface area contributed by atoms with Crippen LogP contribution in [-0.2, 0) is 25.3 Å². The Bertz CT molecular complexity index is 716. The molecule has 27 heavy (non-hydrogen) atoms. The van der Waals surface area contributed by atoms with Crippen molar-refractivity contribution in [1.29, 1.82) is 0 Å². The Morgan fingerprint density at radius 3 is 2.67 bits per heavy atom. The second-order valence-corrected chi connectivity index (χ2v) is 10.0. The molecule has 0 aliphatic carbocycles. The minimum Gasteiger partial charge on any atom is -0.379 e. The van der Waals surface area contributed by atoms with Gasteiger partial charge in [-0.15, -0.1) is 0 Å². The molecular weight excluding hydrogens is 432 g/mol. The molecule has 1 amide bonds. The third kappa shape index (κ3) is 7.52. The van der Waals surface area contributed by atoms with Crippen molar-refractivity contribution in [3.63, 3.8) is 0 Å². The van der Waals surface area contributed by atoms with Gasteiger partial charge in [-0.3, -0.25) is 4.79 Å². The molecule has 1 N–H and O–H groups in total. The maximum Gasteiger partial charge on any atom is 0.223 e. The lowest BCUT2D eigenvalue weighted by atomic mass is 9.97. The maximum atomic E-state index is 12.6. The standard InChI is InChI=1S/C19H29BrN2O4S/c1-15(2)26-12-4-9-21-19(23)17-7-10-22(11-8-17)27(24,25)14-16-5-3-6-18(20)13-16/h3,5-6,13,15,17H,4,7-12,14H2,1-2H3,(H,21,23). The highest BCUT2D eigenvalue weighted by Crippen LogP contribution is 2.22. The lowest BCUT2D eigenvalue weighted by Crippen LogP contribution is -2.43. The average molecular weight is 461 g/mol. The molecule has 8 heteroatoms. The Kier molecular flexibility index (Phi) is 8.72. The van der Waals surface area contributed by atoms with Crippen molar-refractivity contribution in [2.24, 2.45) is 5.92 Å². The number of carbonyl (C=O) groups is 1. The van der Waals surface area contributed by atoms with Crippen LogP contribution in [0.3, 0.4) is 0 Å². The van der Waals surface area contributed by atoms with Gasteiger partial charge in [0.05, 0.1) is 11.9 Å². The van der Waals surface area contributed by atoms with Gasteiger partial charge in [-0.2, -0.15) is 0 Å². The first-order valence-electron chi connectivity index (χ1n) is 9.39. The largest absolute Gasteiger partial charge is 0.379 e. The van der Waals surface area contributed by atoms with Crippen LogP contribution in [0.4, 0.5) is 0 Å². The summed E-state index contributed by atoms with van der Waals surface area (Å²) in [5, 5.41) is 2.93. The van der Waals surface area contributed by atoms with Crippen molar-refractivity contribution < 1.29 is 17.9 Å². The number of ether oxygens (including phenoxy) is 1. The smallest absolute Gasteiger partial charge is 0.223 e. The molecule has 0 unspecified atom stereocenters. The molecule has 0 atom stereocenters. The van der Waals surface area contributed by atoms with Crippen molar-refractivity contribution in [2.45, 2.75) is 45.0 Å². The van der Waals surface area contributed by atoms with Crippen LogP contribution in [0.2, 0.25) is 0 Å². The molecule has 1 fully saturated rings. The van der Waals surface area contributed by atoms with E-state index < -0.39 is 10.0 Å². The third-order valence-corrected chi connectivity index (χ3v) is 6.87. The normalized spacial score (nSPS) is 16.6. The SMILES string of the molecule is CC(C)OCCCNC(=O)C1CCN(S(=O)(=O)Cc2cccc(Br)c2)CC1. The molecule has 0 aromatic heterocycles. The average Bonchev–Trinajstić information content (AvgIpc) is 2.61. The summed E-state index contributed by atoms with van der Waals surface area (Å²) < 4.78 is 33.1. The predicted molar refractivity (Wildman–Crippen MR) is 110 cm³/mol. The fraction of sp³-hybridized carbons (Fsp3) is 0.632. The Balaban J connectivity index is 1.76. The lowest BCUT2D eigenvalue weighted by molar-refractivity contribution is -0.126. The number of sulfonamides is 1. The van der Waals surface area contributed by atoms with Crippen LogP contribution in [-0.4, -0.2) is 51.0 Å². The molecule has 1 aromatic carbocycles. The zero-order valence-electron chi connectivity index (χ0n) is 16.0. The molecule has 0 radical (unpaired) electrons. The van der Waals surface area contributed by atoms with Crippen LogP contribution in [0, 0.1) is 5.92 Å². The molecule has 0 bridgehead atoms. The number of carbonyl (C=O) groups excluding carboxylic acids is 1. The van der Waals surface area contributed by atoms with E-state index in [1.807, 2.05) is 38.1 Å². The maximum absolute atomic E-state index is 12.6. The topological polar surface area (TPSA) is 75.7 Å². The quantitative estimate of drug-likeness (QED) is 0.574. The lowest BCUT2D eigenvalue weighted by Gasteiger charge is -2.30. The number of halogens is 1. The minimum absolute atomic E-state index is 0.0147. The molecular formula is C19H29BrN2O4S. The van der Waals surface area contributed by atoms with E-state index in [1.54, 1.807) is 0 Å². The van der Waals surface area contributed by atoms with Crippen LogP contribution in [0.15, 0.2) is 28.7 Å². The van der Waals surface area contributed by atoms with Gasteiger partial charge in [-0.05, 0) is 50.8 Å². The highest BCUT2D eigenvalue weighted by molar-refractivity contribution is 9.10. The van der Waals surface area contributed by atoms with Gasteiger partial charge in [0.25, 0.3) is 0 Å². The highest BCUT2D eigenvalue weighted by Gasteiger charge is 2.31. The molecule has 1 heterocycles. The molecule has 0 saturated carbocycles. The van der Waals surface area contributed by atoms with E-state index in [0.717, 1.165) is 16.5 Å². The van der Waals surface area contributed by atoms with Crippen LogP contribution < -0.4 is 5.32 Å². The van der Waals surface area contributed by atoms with Crippen molar-refractivity contribution in [2.75, 3.05) is 26.2 Å². The molecule has 2 rings (SSSR count). The van der Waals surface area contributed by atoms with E-state index in [9.17, 15) is 13.2 Å². The second kappa shape index (κ2) is 10.5. The molecule has 1 aliphatic rings. The highest BCUT2D eigenvalue weighted by atomic mass is 79.9. The minimum atomic E-state index is -3.37. The number of amides is 1. The van der Waals surface area contributed by atoms with Gasteiger partial charge in [0.1, 0.15) is 0 Å². The van der Waals surface area contributed by atoms with E-state index in [2.05, 4.69) is 21.2 Å². The summed E-state index contributed by atoms with van der Waals surface area (Å²) in [4.78, 5) is 12.3. The summed E-state index contributed by atoms with van der Waals surface area (Å²) in [6.45, 7) is 5.97. The van der Waals surface area contributed by atoms with Gasteiger partial charge < -0.3 is 10.1 Å². The summed E-state index contributed by atoms with van der Waals surface area (Å²) in [7, 11) is -3.37. The first kappa shape index (κ1) is 22.3. The predicted octanol–water partition coefficient (Wildman–Crippen LogP) is 2.92. The van der Waals surface area contributed by atoms with E-state index in [1.165, 1.54) is 4.31 Å². The van der Waals surface area contributed by atoms with Gasteiger partial charge in [0.2, 0.25) is 15.9 Å². The zero-order valence-corrected chi connectivity index (χ0v) is 18.4. The van der Waals surface area contributed by atoms with E-state index in [4.69, 9.17) is 4.74 Å². The molecule has 1 aromatic rings. The fourth-order valence-corrected chi connectivity index (χ4v) is 5.07. The van der Waals surface area contributed by atoms with Crippen LogP contribution in [0.1, 0.15) is 38.7 Å². The second-order valence-electron chi connectivity index (χ2n) is 7.12. The van der Waals surface area contributed by atoms with Gasteiger partial charge in [-0.1, -0.05) is 28.1 Å². The number of hydrogen-bond donors (Lipinski definition) is 1. The fourth-order valence-electron chi connectivity index (χ4n) is 3.07. The van der Waals surface area contributed by atoms with E-state index in [-0.39, 0.29) is 23.7 Å². The van der Waals surface area contributed by atoms with Crippen molar-refractivity contribution in [3.05, 3.63) is 34.3 Å². The van der Waals surface area contributed by atoms with Crippen LogP contribution in [0.25, 0.3) is 0 Å². The first-order chi connectivity index (χ1) is 12.8. The Labute approximate surface area is 170 Å².